The molecule has 0 spiro atoms. The molecule has 1 heterocycles. The van der Waals surface area contributed by atoms with E-state index in [0.29, 0.717) is 6.61 Å². The monoisotopic (exact) mass is 255 g/mol. The molecule has 2 nitrogen and oxygen atoms in total. The van der Waals surface area contributed by atoms with E-state index in [0.717, 1.165) is 3.57 Å². The average molecular weight is 255 g/mol. The Morgan fingerprint density at radius 3 is 2.69 bits per heavy atom. The highest BCUT2D eigenvalue weighted by Crippen LogP contribution is 2.38. The van der Waals surface area contributed by atoms with E-state index >= 15 is 0 Å². The first-order valence-corrected chi connectivity index (χ1v) is 7.85. The van der Waals surface area contributed by atoms with Crippen molar-refractivity contribution >= 4 is 42.4 Å². The molecular formula is C7H12O2PS3+. The summed E-state index contributed by atoms with van der Waals surface area (Å²) in [6.07, 6.45) is 2.05. The summed E-state index contributed by atoms with van der Waals surface area (Å²) in [7, 11) is -1.35. The van der Waals surface area contributed by atoms with Gasteiger partial charge in [-0.15, -0.1) is 11.8 Å². The van der Waals surface area contributed by atoms with Gasteiger partial charge in [-0.05, 0) is 20.1 Å². The predicted octanol–water partition coefficient (Wildman–Crippen LogP) is 3.71. The second-order valence-corrected chi connectivity index (χ2v) is 7.64. The summed E-state index contributed by atoms with van der Waals surface area (Å²) < 4.78 is 7.45. The first-order valence-electron chi connectivity index (χ1n) is 3.78. The maximum Gasteiger partial charge on any atom is 0.459 e. The van der Waals surface area contributed by atoms with Crippen LogP contribution in [0.4, 0.5) is 0 Å². The summed E-state index contributed by atoms with van der Waals surface area (Å²) >= 11 is 5.01. The molecule has 0 radical (unpaired) electrons. The van der Waals surface area contributed by atoms with Crippen LogP contribution in [0.3, 0.4) is 0 Å². The molecule has 1 unspecified atom stereocenters. The van der Waals surface area contributed by atoms with Gasteiger partial charge in [0.1, 0.15) is 0 Å². The van der Waals surface area contributed by atoms with Gasteiger partial charge in [0, 0.05) is 4.88 Å². The van der Waals surface area contributed by atoms with Gasteiger partial charge < -0.3 is 0 Å². The maximum absolute atomic E-state index is 9.61. The second-order valence-electron chi connectivity index (χ2n) is 2.21. The number of thioether (sulfide) groups is 1. The fraction of sp³-hybridized carbons (Fsp3) is 0.571. The Kier molecular flexibility index (Phi) is 4.94. The quantitative estimate of drug-likeness (QED) is 0.659. The van der Waals surface area contributed by atoms with Gasteiger partial charge in [-0.25, -0.2) is 0 Å². The van der Waals surface area contributed by atoms with Crippen LogP contribution in [-0.2, 0) is 4.52 Å². The summed E-state index contributed by atoms with van der Waals surface area (Å²) in [6, 6.07) is 0. The molecule has 0 aliphatic rings. The lowest BCUT2D eigenvalue weighted by Crippen LogP contribution is -1.74. The molecule has 0 aromatic carbocycles. The van der Waals surface area contributed by atoms with Crippen molar-refractivity contribution in [2.24, 2.45) is 0 Å². The van der Waals surface area contributed by atoms with E-state index in [4.69, 9.17) is 4.52 Å². The molecule has 0 aliphatic carbocycles. The third kappa shape index (κ3) is 3.05. The minimum Gasteiger partial charge on any atom is -0.165 e. The van der Waals surface area contributed by atoms with Gasteiger partial charge in [0.25, 0.3) is 0 Å². The van der Waals surface area contributed by atoms with Crippen molar-refractivity contribution in [3.8, 4) is 0 Å². The number of hydrogen-bond donors (Lipinski definition) is 1. The van der Waals surface area contributed by atoms with Gasteiger partial charge in [0.15, 0.2) is 0 Å². The third-order valence-electron chi connectivity index (χ3n) is 1.30. The molecule has 1 atom stereocenters. The van der Waals surface area contributed by atoms with E-state index < -0.39 is 8.00 Å². The first kappa shape index (κ1) is 11.7. The highest BCUT2D eigenvalue weighted by Gasteiger charge is 2.14. The molecule has 1 aromatic heterocycles. The molecule has 6 heteroatoms. The molecule has 0 fully saturated rings. The molecule has 74 valence electrons. The Labute approximate surface area is 91.1 Å². The summed E-state index contributed by atoms with van der Waals surface area (Å²) in [5, 5.41) is 0. The van der Waals surface area contributed by atoms with Crippen LogP contribution in [0.5, 0.6) is 0 Å². The second kappa shape index (κ2) is 5.49. The molecule has 0 amide bonds. The molecule has 13 heavy (non-hydrogen) atoms. The highest BCUT2D eigenvalue weighted by molar-refractivity contribution is 8.00. The molecule has 0 bridgehead atoms. The zero-order valence-corrected chi connectivity index (χ0v) is 11.1. The van der Waals surface area contributed by atoms with Crippen LogP contribution in [0.1, 0.15) is 11.8 Å². The van der Waals surface area contributed by atoms with Gasteiger partial charge in [0.2, 0.25) is 0 Å². The molecule has 0 aliphatic heterocycles. The Bertz CT molecular complexity index is 342. The van der Waals surface area contributed by atoms with Crippen LogP contribution < -0.4 is 0 Å². The topological polar surface area (TPSA) is 29.5 Å². The maximum atomic E-state index is 9.61. The SMILES string of the molecule is CCO[P+](O)=c1sc(C)c(SC)s1. The Morgan fingerprint density at radius 2 is 2.23 bits per heavy atom. The van der Waals surface area contributed by atoms with Crippen LogP contribution in [0, 0.1) is 10.5 Å². The lowest BCUT2D eigenvalue weighted by Gasteiger charge is -1.85. The predicted molar refractivity (Wildman–Crippen MR) is 62.7 cm³/mol. The van der Waals surface area contributed by atoms with Gasteiger partial charge in [-0.3, -0.25) is 0 Å². The number of rotatable bonds is 3. The van der Waals surface area contributed by atoms with E-state index in [-0.39, 0.29) is 0 Å². The average Bonchev–Trinajstić information content (AvgIpc) is 2.47. The Hall–Kier alpha value is 0.620. The molecule has 1 N–H and O–H groups in total. The summed E-state index contributed by atoms with van der Waals surface area (Å²) in [4.78, 5) is 10.9. The van der Waals surface area contributed by atoms with Gasteiger partial charge >= 0.3 is 11.6 Å². The van der Waals surface area contributed by atoms with Crippen LogP contribution in [0.25, 0.3) is 0 Å². The molecule has 1 rings (SSSR count). The molecule has 0 saturated carbocycles. The largest absolute Gasteiger partial charge is 0.459 e. The first-order chi connectivity index (χ1) is 6.19. The van der Waals surface area contributed by atoms with E-state index in [1.54, 1.807) is 34.4 Å². The van der Waals surface area contributed by atoms with Crippen molar-refractivity contribution < 1.29 is 9.42 Å². The van der Waals surface area contributed by atoms with Crippen LogP contribution in [0.15, 0.2) is 4.21 Å². The normalized spacial score (nSPS) is 13.2. The lowest BCUT2D eigenvalue weighted by atomic mass is 10.7. The minimum atomic E-state index is -1.35. The van der Waals surface area contributed by atoms with Crippen LogP contribution in [-0.4, -0.2) is 17.8 Å². The fourth-order valence-corrected chi connectivity index (χ4v) is 6.04. The van der Waals surface area contributed by atoms with Gasteiger partial charge in [-0.1, -0.05) is 22.7 Å². The standard InChI is InChI=1S/C7H12O2PS3/c1-4-9-10(8)7-12-5(2)6(11-3)13-7/h8H,4H2,1-3H3/q+1. The third-order valence-corrected chi connectivity index (χ3v) is 7.14. The summed E-state index contributed by atoms with van der Waals surface area (Å²) in [5.74, 6) is 0. The van der Waals surface area contributed by atoms with Gasteiger partial charge in [0.05, 0.1) is 10.8 Å². The van der Waals surface area contributed by atoms with Crippen molar-refractivity contribution in [3.63, 3.8) is 0 Å². The highest BCUT2D eigenvalue weighted by atomic mass is 32.2. The number of hydrogen-bond acceptors (Lipinski definition) is 5. The van der Waals surface area contributed by atoms with E-state index in [2.05, 4.69) is 13.2 Å². The Morgan fingerprint density at radius 1 is 1.54 bits per heavy atom. The minimum absolute atomic E-state index is 0.570. The summed E-state index contributed by atoms with van der Waals surface area (Å²) in [5.41, 5.74) is 0. The summed E-state index contributed by atoms with van der Waals surface area (Å²) in [6.45, 7) is 4.54. The fourth-order valence-electron chi connectivity index (χ4n) is 0.783. The molecule has 0 saturated heterocycles. The van der Waals surface area contributed by atoms with E-state index in [1.807, 2.05) is 6.92 Å². The van der Waals surface area contributed by atoms with Crippen molar-refractivity contribution in [3.05, 3.63) is 8.44 Å². The number of aryl methyl sites for hydroxylation is 1. The van der Waals surface area contributed by atoms with Crippen LogP contribution >= 0.6 is 42.4 Å². The Balaban J connectivity index is 3.08. The van der Waals surface area contributed by atoms with Crippen molar-refractivity contribution in [1.29, 1.82) is 0 Å². The van der Waals surface area contributed by atoms with Crippen LogP contribution in [0.2, 0.25) is 0 Å². The zero-order chi connectivity index (χ0) is 9.84. The van der Waals surface area contributed by atoms with Gasteiger partial charge in [-0.2, -0.15) is 9.42 Å². The smallest absolute Gasteiger partial charge is 0.165 e. The van der Waals surface area contributed by atoms with E-state index in [9.17, 15) is 4.89 Å². The zero-order valence-electron chi connectivity index (χ0n) is 7.73. The van der Waals surface area contributed by atoms with Crippen molar-refractivity contribution in [1.82, 2.24) is 0 Å². The lowest BCUT2D eigenvalue weighted by molar-refractivity contribution is 0.342. The molecular weight excluding hydrogens is 243 g/mol. The van der Waals surface area contributed by atoms with Crippen molar-refractivity contribution in [2.75, 3.05) is 12.9 Å². The van der Waals surface area contributed by atoms with Crippen molar-refractivity contribution in [2.45, 2.75) is 18.1 Å². The van der Waals surface area contributed by atoms with E-state index in [1.165, 1.54) is 9.09 Å². The molecule has 1 aromatic rings.